The molecular formula is C17H33BrO2. The van der Waals surface area contributed by atoms with Gasteiger partial charge in [-0.05, 0) is 37.5 Å². The van der Waals surface area contributed by atoms with Crippen LogP contribution in [0.3, 0.4) is 0 Å². The summed E-state index contributed by atoms with van der Waals surface area (Å²) in [5.74, 6) is -0.203. The summed E-state index contributed by atoms with van der Waals surface area (Å²) in [7, 11) is 0. The molecule has 2 nitrogen and oxygen atoms in total. The van der Waals surface area contributed by atoms with E-state index in [9.17, 15) is 4.79 Å². The summed E-state index contributed by atoms with van der Waals surface area (Å²) in [5, 5.41) is 0. The van der Waals surface area contributed by atoms with Gasteiger partial charge in [-0.1, -0.05) is 63.9 Å². The van der Waals surface area contributed by atoms with Crippen molar-refractivity contribution in [3.8, 4) is 0 Å². The molecular weight excluding hydrogens is 316 g/mol. The summed E-state index contributed by atoms with van der Waals surface area (Å²) in [5.41, 5.74) is 0.208. The number of hydrogen-bond donors (Lipinski definition) is 0. The van der Waals surface area contributed by atoms with E-state index in [-0.39, 0.29) is 27.0 Å². The Morgan fingerprint density at radius 2 is 1.60 bits per heavy atom. The molecule has 0 N–H and O–H groups in total. The Bertz CT molecular complexity index is 308. The van der Waals surface area contributed by atoms with Gasteiger partial charge in [-0.25, -0.2) is 0 Å². The summed E-state index contributed by atoms with van der Waals surface area (Å²) in [6, 6.07) is 0. The van der Waals surface area contributed by atoms with E-state index >= 15 is 0 Å². The van der Waals surface area contributed by atoms with Gasteiger partial charge >= 0.3 is 5.97 Å². The lowest BCUT2D eigenvalue weighted by Crippen LogP contribution is -2.41. The molecule has 0 heterocycles. The van der Waals surface area contributed by atoms with E-state index in [1.165, 1.54) is 0 Å². The maximum atomic E-state index is 12.4. The second-order valence-corrected chi connectivity index (χ2v) is 10.0. The van der Waals surface area contributed by atoms with Crippen LogP contribution in [0.25, 0.3) is 0 Å². The maximum absolute atomic E-state index is 12.4. The Kier molecular flexibility index (Phi) is 7.27. The van der Waals surface area contributed by atoms with Crippen LogP contribution in [0.1, 0.15) is 74.7 Å². The predicted octanol–water partition coefficient (Wildman–Crippen LogP) is 5.58. The number of esters is 1. The summed E-state index contributed by atoms with van der Waals surface area (Å²) >= 11 is 3.67. The SMILES string of the molecule is CCCCOC(=O)C(CC(C)(C)C(C)(C)C)C(C)(C)Br. The van der Waals surface area contributed by atoms with Crippen molar-refractivity contribution >= 4 is 21.9 Å². The summed E-state index contributed by atoms with van der Waals surface area (Å²) in [4.78, 5) is 12.4. The molecule has 1 atom stereocenters. The number of unbranched alkanes of at least 4 members (excludes halogenated alkanes) is 1. The lowest BCUT2D eigenvalue weighted by atomic mass is 9.64. The standard InChI is InChI=1S/C17H33BrO2/c1-9-10-11-20-14(19)13(17(7,8)18)12-16(5,6)15(2,3)4/h13H,9-12H2,1-8H3. The zero-order chi connectivity index (χ0) is 16.2. The number of rotatable bonds is 7. The van der Waals surface area contributed by atoms with Gasteiger partial charge in [0.15, 0.2) is 0 Å². The van der Waals surface area contributed by atoms with Crippen molar-refractivity contribution in [1.29, 1.82) is 0 Å². The first kappa shape index (κ1) is 19.9. The number of carbonyl (C=O) groups is 1. The molecule has 120 valence electrons. The van der Waals surface area contributed by atoms with Crippen LogP contribution in [0.5, 0.6) is 0 Å². The highest BCUT2D eigenvalue weighted by Gasteiger charge is 2.42. The first-order chi connectivity index (χ1) is 8.83. The molecule has 3 heteroatoms. The molecule has 20 heavy (non-hydrogen) atoms. The van der Waals surface area contributed by atoms with E-state index in [1.807, 2.05) is 0 Å². The molecule has 1 unspecified atom stereocenters. The van der Waals surface area contributed by atoms with Crippen molar-refractivity contribution in [2.45, 2.75) is 79.0 Å². The molecule has 0 aliphatic rings. The maximum Gasteiger partial charge on any atom is 0.310 e. The van der Waals surface area contributed by atoms with Crippen LogP contribution >= 0.6 is 15.9 Å². The van der Waals surface area contributed by atoms with Crippen LogP contribution in [-0.2, 0) is 9.53 Å². The van der Waals surface area contributed by atoms with Gasteiger partial charge in [-0.15, -0.1) is 0 Å². The summed E-state index contributed by atoms with van der Waals surface area (Å²) in [6.45, 7) is 17.9. The van der Waals surface area contributed by atoms with E-state index in [0.29, 0.717) is 6.61 Å². The highest BCUT2D eigenvalue weighted by atomic mass is 79.9. The van der Waals surface area contributed by atoms with E-state index < -0.39 is 0 Å². The third kappa shape index (κ3) is 6.15. The van der Waals surface area contributed by atoms with Crippen molar-refractivity contribution in [1.82, 2.24) is 0 Å². The van der Waals surface area contributed by atoms with E-state index in [0.717, 1.165) is 19.3 Å². The fraction of sp³-hybridized carbons (Fsp3) is 0.941. The Balaban J connectivity index is 4.97. The largest absolute Gasteiger partial charge is 0.465 e. The van der Waals surface area contributed by atoms with E-state index in [1.54, 1.807) is 0 Å². The fourth-order valence-corrected chi connectivity index (χ4v) is 2.19. The second-order valence-electron chi connectivity index (χ2n) is 7.98. The summed E-state index contributed by atoms with van der Waals surface area (Å²) in [6.07, 6.45) is 2.80. The lowest BCUT2D eigenvalue weighted by Gasteiger charge is -2.43. The third-order valence-corrected chi connectivity index (χ3v) is 5.15. The highest BCUT2D eigenvalue weighted by molar-refractivity contribution is 9.10. The Hall–Kier alpha value is -0.0500. The van der Waals surface area contributed by atoms with Gasteiger partial charge in [0.1, 0.15) is 0 Å². The minimum Gasteiger partial charge on any atom is -0.465 e. The lowest BCUT2D eigenvalue weighted by molar-refractivity contribution is -0.151. The molecule has 0 aromatic rings. The highest BCUT2D eigenvalue weighted by Crippen LogP contribution is 2.46. The zero-order valence-electron chi connectivity index (χ0n) is 14.6. The quantitative estimate of drug-likeness (QED) is 0.341. The first-order valence-electron chi connectivity index (χ1n) is 7.68. The first-order valence-corrected chi connectivity index (χ1v) is 8.48. The van der Waals surface area contributed by atoms with Crippen LogP contribution in [0.4, 0.5) is 0 Å². The number of halogens is 1. The normalized spacial score (nSPS) is 15.1. The van der Waals surface area contributed by atoms with Gasteiger partial charge in [-0.3, -0.25) is 4.79 Å². The van der Waals surface area contributed by atoms with Crippen LogP contribution in [0, 0.1) is 16.7 Å². The topological polar surface area (TPSA) is 26.3 Å². The smallest absolute Gasteiger partial charge is 0.310 e. The average molecular weight is 349 g/mol. The number of carbonyl (C=O) groups excluding carboxylic acids is 1. The minimum absolute atomic E-state index is 0.0620. The van der Waals surface area contributed by atoms with Gasteiger partial charge in [-0.2, -0.15) is 0 Å². The molecule has 0 rings (SSSR count). The average Bonchev–Trinajstić information content (AvgIpc) is 2.23. The molecule has 0 bridgehead atoms. The molecule has 0 saturated heterocycles. The molecule has 0 amide bonds. The summed E-state index contributed by atoms with van der Waals surface area (Å²) < 4.78 is 5.21. The molecule has 0 radical (unpaired) electrons. The van der Waals surface area contributed by atoms with Gasteiger partial charge in [0.25, 0.3) is 0 Å². The third-order valence-electron chi connectivity index (χ3n) is 4.60. The van der Waals surface area contributed by atoms with E-state index in [4.69, 9.17) is 4.74 Å². The van der Waals surface area contributed by atoms with Crippen LogP contribution < -0.4 is 0 Å². The Morgan fingerprint density at radius 3 is 1.95 bits per heavy atom. The van der Waals surface area contributed by atoms with Crippen molar-refractivity contribution in [2.75, 3.05) is 6.61 Å². The number of alkyl halides is 1. The number of hydrogen-bond acceptors (Lipinski definition) is 2. The van der Waals surface area contributed by atoms with Gasteiger partial charge in [0, 0.05) is 4.32 Å². The van der Waals surface area contributed by atoms with Crippen molar-refractivity contribution in [3.63, 3.8) is 0 Å². The minimum atomic E-state index is -0.251. The zero-order valence-corrected chi connectivity index (χ0v) is 16.2. The molecule has 0 saturated carbocycles. The van der Waals surface area contributed by atoms with Gasteiger partial charge in [0.2, 0.25) is 0 Å². The van der Waals surface area contributed by atoms with Crippen molar-refractivity contribution in [2.24, 2.45) is 16.7 Å². The monoisotopic (exact) mass is 348 g/mol. The fourth-order valence-electron chi connectivity index (χ4n) is 1.84. The van der Waals surface area contributed by atoms with Crippen LogP contribution in [-0.4, -0.2) is 16.9 Å². The van der Waals surface area contributed by atoms with Crippen LogP contribution in [0.15, 0.2) is 0 Å². The molecule has 0 fully saturated rings. The van der Waals surface area contributed by atoms with Gasteiger partial charge in [0.05, 0.1) is 12.5 Å². The second kappa shape index (κ2) is 7.29. The predicted molar refractivity (Wildman–Crippen MR) is 90.2 cm³/mol. The van der Waals surface area contributed by atoms with Gasteiger partial charge < -0.3 is 4.74 Å². The molecule has 0 spiro atoms. The molecule has 0 aromatic carbocycles. The van der Waals surface area contributed by atoms with Crippen molar-refractivity contribution < 1.29 is 9.53 Å². The number of ether oxygens (including phenoxy) is 1. The molecule has 0 aromatic heterocycles. The van der Waals surface area contributed by atoms with E-state index in [2.05, 4.69) is 71.3 Å². The molecule has 0 aliphatic heterocycles. The molecule has 0 aliphatic carbocycles. The van der Waals surface area contributed by atoms with Crippen molar-refractivity contribution in [3.05, 3.63) is 0 Å². The van der Waals surface area contributed by atoms with Crippen LogP contribution in [0.2, 0.25) is 0 Å². The Morgan fingerprint density at radius 1 is 1.10 bits per heavy atom. The Labute approximate surface area is 134 Å².